The molecule has 3 N–H and O–H groups in total. The van der Waals surface area contributed by atoms with E-state index < -0.39 is 0 Å². The first-order valence-corrected chi connectivity index (χ1v) is 10.6. The van der Waals surface area contributed by atoms with Gasteiger partial charge in [-0.15, -0.1) is 0 Å². The first-order chi connectivity index (χ1) is 15.9. The molecule has 0 saturated heterocycles. The molecular formula is C27H25N3O3. The van der Waals surface area contributed by atoms with Crippen molar-refractivity contribution in [3.63, 3.8) is 0 Å². The van der Waals surface area contributed by atoms with E-state index >= 15 is 0 Å². The van der Waals surface area contributed by atoms with Gasteiger partial charge in [0, 0.05) is 53.0 Å². The predicted molar refractivity (Wildman–Crippen MR) is 134 cm³/mol. The fourth-order valence-electron chi connectivity index (χ4n) is 3.92. The summed E-state index contributed by atoms with van der Waals surface area (Å²) in [5, 5.41) is 3.89. The molecule has 33 heavy (non-hydrogen) atoms. The number of carbonyl (C=O) groups is 1. The molecule has 3 aromatic carbocycles. The van der Waals surface area contributed by atoms with Crippen LogP contribution in [-0.2, 0) is 0 Å². The fraction of sp³-hybridized carbons (Fsp3) is 0.148. The van der Waals surface area contributed by atoms with Crippen LogP contribution in [0.3, 0.4) is 0 Å². The van der Waals surface area contributed by atoms with Crippen LogP contribution in [-0.4, -0.2) is 19.5 Å². The number of fused-ring (bicyclic) bond motifs is 1. The highest BCUT2D eigenvalue weighted by Crippen LogP contribution is 2.31. The maximum atomic E-state index is 13.1. The highest BCUT2D eigenvalue weighted by Gasteiger charge is 2.17. The average molecular weight is 440 g/mol. The summed E-state index contributed by atoms with van der Waals surface area (Å²) < 4.78 is 6.31. The molecule has 1 atom stereocenters. The van der Waals surface area contributed by atoms with E-state index in [2.05, 4.69) is 10.3 Å². The van der Waals surface area contributed by atoms with Crippen LogP contribution < -0.4 is 16.5 Å². The molecule has 166 valence electrons. The topological polar surface area (TPSA) is 97.7 Å². The van der Waals surface area contributed by atoms with E-state index in [-0.39, 0.29) is 11.5 Å². The second-order valence-electron chi connectivity index (χ2n) is 8.01. The van der Waals surface area contributed by atoms with E-state index in [1.54, 1.807) is 25.4 Å². The summed E-state index contributed by atoms with van der Waals surface area (Å²) in [6.45, 7) is 3.92. The summed E-state index contributed by atoms with van der Waals surface area (Å²) in [5.41, 5.74) is 11.6. The van der Waals surface area contributed by atoms with Gasteiger partial charge in [-0.05, 0) is 55.8 Å². The second kappa shape index (κ2) is 9.12. The van der Waals surface area contributed by atoms with Crippen molar-refractivity contribution in [2.45, 2.75) is 19.9 Å². The number of nitrogens with two attached hydrogens (primary N) is 1. The Morgan fingerprint density at radius 3 is 2.61 bits per heavy atom. The Morgan fingerprint density at radius 2 is 1.85 bits per heavy atom. The normalized spacial score (nSPS) is 12.2. The first-order valence-electron chi connectivity index (χ1n) is 10.6. The van der Waals surface area contributed by atoms with Crippen LogP contribution in [0.4, 0.5) is 11.4 Å². The van der Waals surface area contributed by atoms with Crippen LogP contribution in [0.2, 0.25) is 0 Å². The minimum atomic E-state index is -0.221. The largest absolute Gasteiger partial charge is 0.455 e. The molecule has 1 aromatic heterocycles. The van der Waals surface area contributed by atoms with Crippen molar-refractivity contribution in [2.75, 3.05) is 18.1 Å². The van der Waals surface area contributed by atoms with Crippen LogP contribution in [0.1, 0.15) is 40.0 Å². The molecule has 4 aromatic rings. The van der Waals surface area contributed by atoms with Crippen LogP contribution in [0.25, 0.3) is 22.3 Å². The lowest BCUT2D eigenvalue weighted by molar-refractivity contribution is 0.112. The number of aldehydes is 1. The van der Waals surface area contributed by atoms with Gasteiger partial charge in [0.2, 0.25) is 0 Å². The van der Waals surface area contributed by atoms with Crippen LogP contribution in [0.15, 0.2) is 74.9 Å². The Labute approximate surface area is 191 Å². The van der Waals surface area contributed by atoms with E-state index in [4.69, 9.17) is 10.2 Å². The predicted octanol–water partition coefficient (Wildman–Crippen LogP) is 5.38. The van der Waals surface area contributed by atoms with Gasteiger partial charge in [0.25, 0.3) is 0 Å². The minimum Gasteiger partial charge on any atom is -0.455 e. The fourth-order valence-corrected chi connectivity index (χ4v) is 3.92. The summed E-state index contributed by atoms with van der Waals surface area (Å²) >= 11 is 0. The average Bonchev–Trinajstić information content (AvgIpc) is 2.81. The van der Waals surface area contributed by atoms with E-state index in [9.17, 15) is 9.59 Å². The summed E-state index contributed by atoms with van der Waals surface area (Å²) in [6, 6.07) is 17.8. The first kappa shape index (κ1) is 22.0. The number of hydrogen-bond acceptors (Lipinski definition) is 6. The zero-order valence-corrected chi connectivity index (χ0v) is 18.8. The lowest BCUT2D eigenvalue weighted by Gasteiger charge is -2.19. The van der Waals surface area contributed by atoms with Gasteiger partial charge in [0.05, 0.1) is 11.4 Å². The summed E-state index contributed by atoms with van der Waals surface area (Å²) in [6.07, 6.45) is 2.49. The molecule has 0 aliphatic heterocycles. The molecular weight excluding hydrogens is 414 g/mol. The van der Waals surface area contributed by atoms with Gasteiger partial charge >= 0.3 is 0 Å². The summed E-state index contributed by atoms with van der Waals surface area (Å²) in [7, 11) is 1.67. The summed E-state index contributed by atoms with van der Waals surface area (Å²) in [4.78, 5) is 28.5. The molecule has 4 rings (SSSR count). The number of nitrogen functional groups attached to an aromatic ring is 1. The Bertz CT molecular complexity index is 1440. The third-order valence-corrected chi connectivity index (χ3v) is 5.57. The van der Waals surface area contributed by atoms with Crippen molar-refractivity contribution < 1.29 is 9.21 Å². The van der Waals surface area contributed by atoms with Crippen molar-refractivity contribution in [1.82, 2.24) is 0 Å². The molecule has 0 saturated carbocycles. The Kier molecular flexibility index (Phi) is 6.09. The number of para-hydroxylation sites is 1. The summed E-state index contributed by atoms with van der Waals surface area (Å²) in [5.74, 6) is 0.448. The van der Waals surface area contributed by atoms with Crippen LogP contribution in [0.5, 0.6) is 0 Å². The number of carbonyl (C=O) groups excluding carboxylic acids is 1. The number of benzene rings is 3. The van der Waals surface area contributed by atoms with Gasteiger partial charge in [-0.3, -0.25) is 14.6 Å². The molecule has 0 spiro atoms. The van der Waals surface area contributed by atoms with Gasteiger partial charge in [-0.1, -0.05) is 18.2 Å². The van der Waals surface area contributed by atoms with Crippen LogP contribution >= 0.6 is 0 Å². The maximum absolute atomic E-state index is 13.1. The number of anilines is 2. The number of nitrogens with one attached hydrogen (secondary N) is 1. The molecule has 0 fully saturated rings. The highest BCUT2D eigenvalue weighted by atomic mass is 16.3. The third kappa shape index (κ3) is 4.41. The van der Waals surface area contributed by atoms with Gasteiger partial charge in [0.15, 0.2) is 11.7 Å². The number of hydrogen-bond donors (Lipinski definition) is 2. The Hall–Kier alpha value is -4.19. The monoisotopic (exact) mass is 439 g/mol. The van der Waals surface area contributed by atoms with E-state index in [0.29, 0.717) is 28.0 Å². The van der Waals surface area contributed by atoms with Crippen molar-refractivity contribution in [1.29, 1.82) is 0 Å². The number of nitrogens with zero attached hydrogens (tertiary/aromatic N) is 1. The van der Waals surface area contributed by atoms with Crippen molar-refractivity contribution in [2.24, 2.45) is 4.99 Å². The Balaban J connectivity index is 1.86. The van der Waals surface area contributed by atoms with Gasteiger partial charge in [-0.2, -0.15) is 0 Å². The molecule has 6 nitrogen and oxygen atoms in total. The lowest BCUT2D eigenvalue weighted by atomic mass is 10.00. The van der Waals surface area contributed by atoms with Crippen molar-refractivity contribution in [3.05, 3.63) is 93.1 Å². The highest BCUT2D eigenvalue weighted by molar-refractivity contribution is 5.90. The van der Waals surface area contributed by atoms with Gasteiger partial charge in [-0.25, -0.2) is 0 Å². The quantitative estimate of drug-likeness (QED) is 0.239. The van der Waals surface area contributed by atoms with E-state index in [1.807, 2.05) is 56.3 Å². The molecule has 0 amide bonds. The van der Waals surface area contributed by atoms with Crippen molar-refractivity contribution in [3.8, 4) is 11.3 Å². The van der Waals surface area contributed by atoms with Crippen LogP contribution in [0, 0.1) is 6.92 Å². The molecule has 0 aliphatic rings. The number of rotatable bonds is 6. The SMILES string of the molecule is CN=Cc1cc(-c2cc(=O)c3cc(C)cc(C(C)Nc4ccccc4C=O)c3o2)ccc1N. The number of aliphatic imine (C=N–C) groups is 1. The molecule has 6 heteroatoms. The minimum absolute atomic E-state index is 0.126. The Morgan fingerprint density at radius 1 is 1.06 bits per heavy atom. The molecule has 0 radical (unpaired) electrons. The molecule has 0 aliphatic carbocycles. The molecule has 1 heterocycles. The number of aryl methyl sites for hydroxylation is 1. The molecule has 1 unspecified atom stereocenters. The van der Waals surface area contributed by atoms with Gasteiger partial charge < -0.3 is 15.5 Å². The van der Waals surface area contributed by atoms with Gasteiger partial charge in [0.1, 0.15) is 11.3 Å². The zero-order valence-electron chi connectivity index (χ0n) is 18.8. The standard InChI is InChI=1S/C27H25N3O3/c1-16-10-21(17(2)30-24-7-5-4-6-19(24)15-31)27-22(11-16)25(32)13-26(33-27)18-8-9-23(28)20(12-18)14-29-3/h4-15,17,30H,28H2,1-3H3. The zero-order chi connectivity index (χ0) is 23.5. The lowest BCUT2D eigenvalue weighted by Crippen LogP contribution is -2.11. The molecule has 0 bridgehead atoms. The van der Waals surface area contributed by atoms with E-state index in [1.165, 1.54) is 6.07 Å². The van der Waals surface area contributed by atoms with Crippen molar-refractivity contribution >= 4 is 34.8 Å². The van der Waals surface area contributed by atoms with E-state index in [0.717, 1.165) is 34.2 Å². The third-order valence-electron chi connectivity index (χ3n) is 5.57. The second-order valence-corrected chi connectivity index (χ2v) is 8.01. The maximum Gasteiger partial charge on any atom is 0.193 e. The smallest absolute Gasteiger partial charge is 0.193 e.